The number of ether oxygens (including phenoxy) is 3. The summed E-state index contributed by atoms with van der Waals surface area (Å²) in [6, 6.07) is 6.66. The van der Waals surface area contributed by atoms with E-state index in [-0.39, 0.29) is 18.0 Å². The minimum atomic E-state index is -0.691. The van der Waals surface area contributed by atoms with E-state index in [0.29, 0.717) is 22.8 Å². The zero-order valence-electron chi connectivity index (χ0n) is 15.6. The largest absolute Gasteiger partial charge is 0.493 e. The number of carbonyl (C=O) groups is 1. The molecule has 0 heterocycles. The molecule has 0 unspecified atom stereocenters. The lowest BCUT2D eigenvalue weighted by atomic mass is 10.1. The van der Waals surface area contributed by atoms with Gasteiger partial charge in [-0.1, -0.05) is 6.07 Å². The van der Waals surface area contributed by atoms with Crippen LogP contribution in [0.5, 0.6) is 17.2 Å². The van der Waals surface area contributed by atoms with Crippen molar-refractivity contribution in [2.45, 2.75) is 6.54 Å². The van der Waals surface area contributed by atoms with Gasteiger partial charge in [0.15, 0.2) is 11.5 Å². The van der Waals surface area contributed by atoms with Crippen molar-refractivity contribution >= 4 is 12.0 Å². The van der Waals surface area contributed by atoms with Gasteiger partial charge in [0.2, 0.25) is 11.7 Å². The van der Waals surface area contributed by atoms with E-state index in [9.17, 15) is 13.6 Å². The van der Waals surface area contributed by atoms with Crippen LogP contribution in [0.15, 0.2) is 36.4 Å². The van der Waals surface area contributed by atoms with Crippen LogP contribution < -0.4 is 14.2 Å². The first-order chi connectivity index (χ1) is 12.9. The van der Waals surface area contributed by atoms with Crippen molar-refractivity contribution < 1.29 is 27.8 Å². The molecular formula is C20H21F2NO4. The molecule has 0 aliphatic heterocycles. The topological polar surface area (TPSA) is 48.0 Å². The Labute approximate surface area is 156 Å². The molecule has 5 nitrogen and oxygen atoms in total. The van der Waals surface area contributed by atoms with Gasteiger partial charge in [-0.15, -0.1) is 0 Å². The molecule has 7 heteroatoms. The maximum atomic E-state index is 13.7. The van der Waals surface area contributed by atoms with Crippen LogP contribution in [0, 0.1) is 11.6 Å². The number of rotatable bonds is 7. The average Bonchev–Trinajstić information content (AvgIpc) is 2.66. The molecule has 0 aromatic heterocycles. The molecule has 0 radical (unpaired) electrons. The van der Waals surface area contributed by atoms with Gasteiger partial charge in [-0.2, -0.15) is 0 Å². The Morgan fingerprint density at radius 3 is 2.19 bits per heavy atom. The van der Waals surface area contributed by atoms with Crippen LogP contribution in [0.4, 0.5) is 8.78 Å². The van der Waals surface area contributed by atoms with Crippen LogP contribution >= 0.6 is 0 Å². The monoisotopic (exact) mass is 377 g/mol. The van der Waals surface area contributed by atoms with Crippen molar-refractivity contribution in [2.24, 2.45) is 0 Å². The molecule has 0 aliphatic carbocycles. The number of methoxy groups -OCH3 is 3. The third kappa shape index (κ3) is 4.97. The van der Waals surface area contributed by atoms with E-state index in [0.717, 1.165) is 12.1 Å². The number of amides is 1. The van der Waals surface area contributed by atoms with E-state index in [1.54, 1.807) is 18.2 Å². The third-order valence-corrected chi connectivity index (χ3v) is 3.90. The molecule has 27 heavy (non-hydrogen) atoms. The highest BCUT2D eigenvalue weighted by molar-refractivity contribution is 5.91. The number of hydrogen-bond donors (Lipinski definition) is 0. The Kier molecular flexibility index (Phi) is 6.76. The fourth-order valence-electron chi connectivity index (χ4n) is 2.48. The first kappa shape index (κ1) is 20.2. The summed E-state index contributed by atoms with van der Waals surface area (Å²) in [5, 5.41) is 0. The summed E-state index contributed by atoms with van der Waals surface area (Å²) in [5.74, 6) is -0.313. The van der Waals surface area contributed by atoms with Gasteiger partial charge < -0.3 is 19.1 Å². The average molecular weight is 377 g/mol. The summed E-state index contributed by atoms with van der Waals surface area (Å²) in [6.45, 7) is 0.0184. The fraction of sp³-hybridized carbons (Fsp3) is 0.250. The summed E-state index contributed by atoms with van der Waals surface area (Å²) >= 11 is 0. The van der Waals surface area contributed by atoms with E-state index in [4.69, 9.17) is 14.2 Å². The SMILES string of the molecule is COc1cc(/C=C/C(=O)N(C)Cc2ccc(F)cc2F)cc(OC)c1OC. The molecule has 0 bridgehead atoms. The Morgan fingerprint density at radius 1 is 1.04 bits per heavy atom. The summed E-state index contributed by atoms with van der Waals surface area (Å²) in [6.07, 6.45) is 2.94. The molecule has 0 N–H and O–H groups in total. The summed E-state index contributed by atoms with van der Waals surface area (Å²) in [5.41, 5.74) is 0.896. The van der Waals surface area contributed by atoms with E-state index in [2.05, 4.69) is 0 Å². The van der Waals surface area contributed by atoms with Crippen LogP contribution in [0.1, 0.15) is 11.1 Å². The maximum Gasteiger partial charge on any atom is 0.246 e. The van der Waals surface area contributed by atoms with Gasteiger partial charge in [0.05, 0.1) is 21.3 Å². The Hall–Kier alpha value is -3.09. The minimum Gasteiger partial charge on any atom is -0.493 e. The quantitative estimate of drug-likeness (QED) is 0.691. The van der Waals surface area contributed by atoms with Crippen molar-refractivity contribution in [3.05, 3.63) is 59.2 Å². The van der Waals surface area contributed by atoms with Crippen LogP contribution in [0.3, 0.4) is 0 Å². The first-order valence-electron chi connectivity index (χ1n) is 8.06. The number of likely N-dealkylation sites (N-methyl/N-ethyl adjacent to an activating group) is 1. The fourth-order valence-corrected chi connectivity index (χ4v) is 2.48. The summed E-state index contributed by atoms with van der Waals surface area (Å²) in [7, 11) is 6.04. The smallest absolute Gasteiger partial charge is 0.246 e. The lowest BCUT2D eigenvalue weighted by Crippen LogP contribution is -2.24. The van der Waals surface area contributed by atoms with Gasteiger partial charge in [-0.25, -0.2) is 8.78 Å². The van der Waals surface area contributed by atoms with Crippen molar-refractivity contribution in [1.82, 2.24) is 4.90 Å². The lowest BCUT2D eigenvalue weighted by molar-refractivity contribution is -0.125. The predicted octanol–water partition coefficient (Wildman–Crippen LogP) is 3.66. The zero-order valence-corrected chi connectivity index (χ0v) is 15.6. The molecule has 2 rings (SSSR count). The molecule has 0 fully saturated rings. The predicted molar refractivity (Wildman–Crippen MR) is 98.0 cm³/mol. The second kappa shape index (κ2) is 9.02. The normalized spacial score (nSPS) is 10.7. The highest BCUT2D eigenvalue weighted by atomic mass is 19.1. The van der Waals surface area contributed by atoms with Crippen molar-refractivity contribution in [3.8, 4) is 17.2 Å². The van der Waals surface area contributed by atoms with Gasteiger partial charge in [-0.05, 0) is 29.8 Å². The van der Waals surface area contributed by atoms with Crippen molar-refractivity contribution in [1.29, 1.82) is 0 Å². The van der Waals surface area contributed by atoms with Gasteiger partial charge >= 0.3 is 0 Å². The minimum absolute atomic E-state index is 0.0184. The van der Waals surface area contributed by atoms with Crippen molar-refractivity contribution in [3.63, 3.8) is 0 Å². The Morgan fingerprint density at radius 2 is 1.67 bits per heavy atom. The molecule has 0 aliphatic rings. The standard InChI is InChI=1S/C20H21F2NO4/c1-23(12-14-6-7-15(21)11-16(14)22)19(24)8-5-13-9-17(25-2)20(27-4)18(10-13)26-3/h5-11H,12H2,1-4H3/b8-5+. The Bertz CT molecular complexity index is 827. The molecule has 0 saturated heterocycles. The van der Waals surface area contributed by atoms with Crippen molar-refractivity contribution in [2.75, 3.05) is 28.4 Å². The molecule has 0 saturated carbocycles. The highest BCUT2D eigenvalue weighted by Crippen LogP contribution is 2.38. The molecule has 2 aromatic rings. The third-order valence-electron chi connectivity index (χ3n) is 3.90. The number of nitrogens with zero attached hydrogens (tertiary/aromatic N) is 1. The number of halogens is 2. The van der Waals surface area contributed by atoms with E-state index >= 15 is 0 Å². The van der Waals surface area contributed by atoms with Crippen LogP contribution in [-0.4, -0.2) is 39.2 Å². The Balaban J connectivity index is 2.15. The zero-order chi connectivity index (χ0) is 20.0. The van der Waals surface area contributed by atoms with Gasteiger partial charge in [0.1, 0.15) is 11.6 Å². The molecule has 2 aromatic carbocycles. The van der Waals surface area contributed by atoms with E-state index in [1.165, 1.54) is 45.4 Å². The number of carbonyl (C=O) groups excluding carboxylic acids is 1. The molecular weight excluding hydrogens is 356 g/mol. The first-order valence-corrected chi connectivity index (χ1v) is 8.06. The summed E-state index contributed by atoms with van der Waals surface area (Å²) < 4.78 is 42.5. The molecule has 0 atom stereocenters. The highest BCUT2D eigenvalue weighted by Gasteiger charge is 2.13. The number of hydrogen-bond acceptors (Lipinski definition) is 4. The number of benzene rings is 2. The molecule has 1 amide bonds. The van der Waals surface area contributed by atoms with Crippen LogP contribution in [0.2, 0.25) is 0 Å². The van der Waals surface area contributed by atoms with Gasteiger partial charge in [-0.3, -0.25) is 4.79 Å². The van der Waals surface area contributed by atoms with Crippen LogP contribution in [-0.2, 0) is 11.3 Å². The molecule has 144 valence electrons. The maximum absolute atomic E-state index is 13.7. The van der Waals surface area contributed by atoms with E-state index in [1.807, 2.05) is 0 Å². The van der Waals surface area contributed by atoms with Gasteiger partial charge in [0, 0.05) is 31.3 Å². The lowest BCUT2D eigenvalue weighted by Gasteiger charge is -2.16. The van der Waals surface area contributed by atoms with Crippen LogP contribution in [0.25, 0.3) is 6.08 Å². The second-order valence-electron chi connectivity index (χ2n) is 5.72. The summed E-state index contributed by atoms with van der Waals surface area (Å²) in [4.78, 5) is 13.6. The second-order valence-corrected chi connectivity index (χ2v) is 5.72. The van der Waals surface area contributed by atoms with Gasteiger partial charge in [0.25, 0.3) is 0 Å². The van der Waals surface area contributed by atoms with E-state index < -0.39 is 11.6 Å². The molecule has 0 spiro atoms.